The minimum atomic E-state index is -0.609. The molecular formula is C17H23N3O3. The van der Waals surface area contributed by atoms with Gasteiger partial charge in [-0.25, -0.2) is 14.8 Å². The highest BCUT2D eigenvalue weighted by Gasteiger charge is 2.37. The van der Waals surface area contributed by atoms with Crippen molar-refractivity contribution in [3.8, 4) is 6.07 Å². The molecule has 1 aliphatic heterocycles. The van der Waals surface area contributed by atoms with E-state index in [4.69, 9.17) is 9.47 Å². The van der Waals surface area contributed by atoms with Crippen molar-refractivity contribution < 1.29 is 14.3 Å². The maximum Gasteiger partial charge on any atom is 0.425 e. The monoisotopic (exact) mass is 317 g/mol. The van der Waals surface area contributed by atoms with Crippen molar-refractivity contribution in [2.75, 3.05) is 27.4 Å². The molecule has 124 valence electrons. The summed E-state index contributed by atoms with van der Waals surface area (Å²) in [5.74, 6) is 0. The van der Waals surface area contributed by atoms with Crippen molar-refractivity contribution in [1.82, 2.24) is 10.0 Å². The van der Waals surface area contributed by atoms with E-state index in [0.717, 1.165) is 24.9 Å². The van der Waals surface area contributed by atoms with E-state index in [1.807, 2.05) is 35.3 Å². The lowest BCUT2D eigenvalue weighted by Crippen LogP contribution is -2.55. The molecule has 0 bridgehead atoms. The van der Waals surface area contributed by atoms with E-state index >= 15 is 0 Å². The summed E-state index contributed by atoms with van der Waals surface area (Å²) in [5.41, 5.74) is 1.01. The van der Waals surface area contributed by atoms with Crippen molar-refractivity contribution in [3.05, 3.63) is 35.9 Å². The van der Waals surface area contributed by atoms with Crippen molar-refractivity contribution in [1.29, 1.82) is 5.26 Å². The Hall–Kier alpha value is -2.10. The molecule has 6 heteroatoms. The lowest BCUT2D eigenvalue weighted by atomic mass is 10.1. The molecule has 6 nitrogen and oxygen atoms in total. The van der Waals surface area contributed by atoms with Crippen LogP contribution in [0.2, 0.25) is 0 Å². The van der Waals surface area contributed by atoms with Crippen LogP contribution in [0.15, 0.2) is 30.3 Å². The van der Waals surface area contributed by atoms with Crippen LogP contribution in [0.25, 0.3) is 0 Å². The third-order valence-corrected chi connectivity index (χ3v) is 4.06. The second kappa shape index (κ2) is 8.51. The second-order valence-electron chi connectivity index (χ2n) is 5.56. The summed E-state index contributed by atoms with van der Waals surface area (Å²) < 4.78 is 10.2. The Morgan fingerprint density at radius 1 is 1.43 bits per heavy atom. The Labute approximate surface area is 137 Å². The fourth-order valence-electron chi connectivity index (χ4n) is 2.99. The smallest absolute Gasteiger partial charge is 0.425 e. The van der Waals surface area contributed by atoms with Crippen LogP contribution in [-0.2, 0) is 15.9 Å². The average Bonchev–Trinajstić information content (AvgIpc) is 3.03. The van der Waals surface area contributed by atoms with Crippen LogP contribution in [-0.4, -0.2) is 55.6 Å². The summed E-state index contributed by atoms with van der Waals surface area (Å²) >= 11 is 0. The molecule has 0 saturated carbocycles. The van der Waals surface area contributed by atoms with Gasteiger partial charge >= 0.3 is 6.09 Å². The van der Waals surface area contributed by atoms with Gasteiger partial charge < -0.3 is 9.47 Å². The Morgan fingerprint density at radius 3 is 2.78 bits per heavy atom. The van der Waals surface area contributed by atoms with Crippen LogP contribution >= 0.6 is 0 Å². The molecule has 1 aliphatic rings. The Kier molecular flexibility index (Phi) is 6.39. The minimum absolute atomic E-state index is 0.0886. The van der Waals surface area contributed by atoms with E-state index < -0.39 is 12.1 Å². The zero-order chi connectivity index (χ0) is 16.7. The molecule has 0 aromatic heterocycles. The SMILES string of the molecule is COC[C@@H]1CCCN1N(C(=O)OC)[C@H](C#N)Cc1ccccc1. The third kappa shape index (κ3) is 4.21. The lowest BCUT2D eigenvalue weighted by molar-refractivity contribution is -0.0570. The van der Waals surface area contributed by atoms with Crippen LogP contribution in [0.4, 0.5) is 4.79 Å². The number of hydrogen-bond acceptors (Lipinski definition) is 5. The Bertz CT molecular complexity index is 544. The Balaban J connectivity index is 2.22. The number of ether oxygens (including phenoxy) is 2. The summed E-state index contributed by atoms with van der Waals surface area (Å²) in [6, 6.07) is 11.4. The summed E-state index contributed by atoms with van der Waals surface area (Å²) in [5, 5.41) is 13.0. The van der Waals surface area contributed by atoms with Gasteiger partial charge in [-0.15, -0.1) is 0 Å². The van der Waals surface area contributed by atoms with Crippen molar-refractivity contribution in [2.45, 2.75) is 31.3 Å². The van der Waals surface area contributed by atoms with E-state index in [2.05, 4.69) is 6.07 Å². The number of hydrazine groups is 1. The minimum Gasteiger partial charge on any atom is -0.452 e. The highest BCUT2D eigenvalue weighted by atomic mass is 16.5. The summed E-state index contributed by atoms with van der Waals surface area (Å²) in [6.07, 6.45) is 1.86. The standard InChI is InChI=1S/C17H23N3O3/c1-22-13-15-9-6-10-19(15)20(17(21)23-2)16(12-18)11-14-7-4-3-5-8-14/h3-5,7-8,15-16H,6,9-11,13H2,1-2H3/t15-,16-/m0/s1. The molecule has 1 aromatic carbocycles. The van der Waals surface area contributed by atoms with Crippen LogP contribution in [0.3, 0.4) is 0 Å². The molecule has 1 amide bonds. The van der Waals surface area contributed by atoms with Gasteiger partial charge in [-0.3, -0.25) is 0 Å². The first-order valence-corrected chi connectivity index (χ1v) is 7.77. The molecule has 1 aromatic rings. The van der Waals surface area contributed by atoms with E-state index in [1.165, 1.54) is 12.1 Å². The van der Waals surface area contributed by atoms with Gasteiger partial charge in [-0.2, -0.15) is 5.26 Å². The maximum atomic E-state index is 12.3. The van der Waals surface area contributed by atoms with E-state index in [0.29, 0.717) is 13.0 Å². The van der Waals surface area contributed by atoms with E-state index in [1.54, 1.807) is 7.11 Å². The first kappa shape index (κ1) is 17.3. The predicted octanol–water partition coefficient (Wildman–Crippen LogP) is 2.22. The first-order chi connectivity index (χ1) is 11.2. The molecule has 0 unspecified atom stereocenters. The number of methoxy groups -OCH3 is 2. The molecule has 0 N–H and O–H groups in total. The van der Waals surface area contributed by atoms with Crippen molar-refractivity contribution >= 4 is 6.09 Å². The number of amides is 1. The second-order valence-corrected chi connectivity index (χ2v) is 5.56. The van der Waals surface area contributed by atoms with Gasteiger partial charge in [-0.05, 0) is 18.4 Å². The number of rotatable bonds is 6. The summed E-state index contributed by atoms with van der Waals surface area (Å²) in [7, 11) is 2.98. The average molecular weight is 317 g/mol. The number of nitriles is 1. The number of hydrogen-bond donors (Lipinski definition) is 0. The van der Waals surface area contributed by atoms with Gasteiger partial charge in [0.2, 0.25) is 0 Å². The highest BCUT2D eigenvalue weighted by molar-refractivity contribution is 5.68. The molecular weight excluding hydrogens is 294 g/mol. The van der Waals surface area contributed by atoms with Crippen molar-refractivity contribution in [2.24, 2.45) is 0 Å². The zero-order valence-electron chi connectivity index (χ0n) is 13.6. The molecule has 0 spiro atoms. The quantitative estimate of drug-likeness (QED) is 0.805. The van der Waals surface area contributed by atoms with Crippen LogP contribution in [0.5, 0.6) is 0 Å². The topological polar surface area (TPSA) is 65.8 Å². The summed E-state index contributed by atoms with van der Waals surface area (Å²) in [6.45, 7) is 1.24. The summed E-state index contributed by atoms with van der Waals surface area (Å²) in [4.78, 5) is 12.3. The predicted molar refractivity (Wildman–Crippen MR) is 85.4 cm³/mol. The molecule has 23 heavy (non-hydrogen) atoms. The molecule has 2 rings (SSSR count). The normalized spacial score (nSPS) is 19.1. The highest BCUT2D eigenvalue weighted by Crippen LogP contribution is 2.23. The first-order valence-electron chi connectivity index (χ1n) is 7.77. The number of carbonyl (C=O) groups is 1. The van der Waals surface area contributed by atoms with Gasteiger partial charge in [0, 0.05) is 20.1 Å². The van der Waals surface area contributed by atoms with E-state index in [9.17, 15) is 10.1 Å². The molecule has 1 heterocycles. The molecule has 1 saturated heterocycles. The maximum absolute atomic E-state index is 12.3. The molecule has 2 atom stereocenters. The van der Waals surface area contributed by atoms with Crippen LogP contribution < -0.4 is 0 Å². The van der Waals surface area contributed by atoms with Crippen LogP contribution in [0.1, 0.15) is 18.4 Å². The lowest BCUT2D eigenvalue weighted by Gasteiger charge is -2.37. The molecule has 0 aliphatic carbocycles. The Morgan fingerprint density at radius 2 is 2.17 bits per heavy atom. The number of carbonyl (C=O) groups excluding carboxylic acids is 1. The van der Waals surface area contributed by atoms with E-state index in [-0.39, 0.29) is 6.04 Å². The van der Waals surface area contributed by atoms with Gasteiger partial charge in [0.15, 0.2) is 0 Å². The fourth-order valence-corrected chi connectivity index (χ4v) is 2.99. The molecule has 1 fully saturated rings. The van der Waals surface area contributed by atoms with Gasteiger partial charge in [0.25, 0.3) is 0 Å². The van der Waals surface area contributed by atoms with Gasteiger partial charge in [0.05, 0.1) is 25.8 Å². The van der Waals surface area contributed by atoms with Crippen molar-refractivity contribution in [3.63, 3.8) is 0 Å². The zero-order valence-corrected chi connectivity index (χ0v) is 13.6. The van der Waals surface area contributed by atoms with Gasteiger partial charge in [-0.1, -0.05) is 30.3 Å². The fraction of sp³-hybridized carbons (Fsp3) is 0.529. The third-order valence-electron chi connectivity index (χ3n) is 4.06. The van der Waals surface area contributed by atoms with Crippen LogP contribution in [0, 0.1) is 11.3 Å². The number of nitrogens with zero attached hydrogens (tertiary/aromatic N) is 3. The van der Waals surface area contributed by atoms with Gasteiger partial charge in [0.1, 0.15) is 6.04 Å². The number of benzene rings is 1. The largest absolute Gasteiger partial charge is 0.452 e. The molecule has 0 radical (unpaired) electrons.